The average Bonchev–Trinajstić information content (AvgIpc) is 2.25. The lowest BCUT2D eigenvalue weighted by atomic mass is 10.1. The number of ether oxygens (including phenoxy) is 1. The fourth-order valence-corrected chi connectivity index (χ4v) is 1.53. The summed E-state index contributed by atoms with van der Waals surface area (Å²) in [7, 11) is 0. The van der Waals surface area contributed by atoms with Gasteiger partial charge in [0, 0.05) is 6.54 Å². The summed E-state index contributed by atoms with van der Waals surface area (Å²) in [5.41, 5.74) is 7.33. The molecule has 100 valence electrons. The Morgan fingerprint density at radius 3 is 2.33 bits per heavy atom. The third-order valence-electron chi connectivity index (χ3n) is 2.41. The van der Waals surface area contributed by atoms with Gasteiger partial charge < -0.3 is 15.8 Å². The maximum atomic E-state index is 11.7. The monoisotopic (exact) mass is 250 g/mol. The van der Waals surface area contributed by atoms with E-state index >= 15 is 0 Å². The molecule has 0 saturated heterocycles. The molecule has 0 radical (unpaired) electrons. The molecule has 0 bridgehead atoms. The van der Waals surface area contributed by atoms with Crippen molar-refractivity contribution in [3.63, 3.8) is 0 Å². The molecule has 1 aromatic carbocycles. The average molecular weight is 250 g/mol. The van der Waals surface area contributed by atoms with Gasteiger partial charge in [-0.1, -0.05) is 29.8 Å². The summed E-state index contributed by atoms with van der Waals surface area (Å²) in [6.45, 7) is 7.84. The largest absolute Gasteiger partial charge is 0.444 e. The summed E-state index contributed by atoms with van der Waals surface area (Å²) in [5, 5.41) is 2.77. The van der Waals surface area contributed by atoms with Gasteiger partial charge in [-0.3, -0.25) is 0 Å². The van der Waals surface area contributed by atoms with Crippen LogP contribution in [0.2, 0.25) is 0 Å². The van der Waals surface area contributed by atoms with Crippen molar-refractivity contribution >= 4 is 6.09 Å². The van der Waals surface area contributed by atoms with E-state index in [1.54, 1.807) is 0 Å². The number of aryl methyl sites for hydroxylation is 1. The van der Waals surface area contributed by atoms with Gasteiger partial charge >= 0.3 is 6.09 Å². The van der Waals surface area contributed by atoms with Crippen LogP contribution >= 0.6 is 0 Å². The van der Waals surface area contributed by atoms with Gasteiger partial charge in [-0.25, -0.2) is 4.79 Å². The van der Waals surface area contributed by atoms with Crippen molar-refractivity contribution in [2.24, 2.45) is 5.73 Å². The molecule has 0 aliphatic heterocycles. The molecule has 1 aromatic rings. The van der Waals surface area contributed by atoms with Crippen LogP contribution in [0.15, 0.2) is 24.3 Å². The van der Waals surface area contributed by atoms with E-state index in [0.717, 1.165) is 5.56 Å². The highest BCUT2D eigenvalue weighted by atomic mass is 16.6. The van der Waals surface area contributed by atoms with Crippen LogP contribution in [0.25, 0.3) is 0 Å². The predicted octanol–water partition coefficient (Wildman–Crippen LogP) is 2.52. The Hall–Kier alpha value is -1.55. The van der Waals surface area contributed by atoms with E-state index in [4.69, 9.17) is 10.5 Å². The second-order valence-corrected chi connectivity index (χ2v) is 5.35. The third-order valence-corrected chi connectivity index (χ3v) is 2.41. The lowest BCUT2D eigenvalue weighted by Gasteiger charge is -2.23. The zero-order chi connectivity index (χ0) is 13.8. The molecular weight excluding hydrogens is 228 g/mol. The van der Waals surface area contributed by atoms with Crippen molar-refractivity contribution < 1.29 is 9.53 Å². The fraction of sp³-hybridized carbons (Fsp3) is 0.500. The van der Waals surface area contributed by atoms with E-state index in [0.29, 0.717) is 6.54 Å². The number of hydrogen-bond acceptors (Lipinski definition) is 3. The second-order valence-electron chi connectivity index (χ2n) is 5.35. The molecule has 1 atom stereocenters. The van der Waals surface area contributed by atoms with Gasteiger partial charge in [0.1, 0.15) is 5.60 Å². The first-order valence-electron chi connectivity index (χ1n) is 6.08. The number of rotatable bonds is 3. The number of nitrogens with two attached hydrogens (primary N) is 1. The molecule has 0 aromatic heterocycles. The van der Waals surface area contributed by atoms with Crippen LogP contribution in [0, 0.1) is 6.92 Å². The molecule has 1 amide bonds. The Bertz CT molecular complexity index is 393. The molecule has 3 N–H and O–H groups in total. The number of hydrogen-bond donors (Lipinski definition) is 2. The molecule has 0 saturated carbocycles. The zero-order valence-electron chi connectivity index (χ0n) is 11.5. The van der Waals surface area contributed by atoms with Crippen molar-refractivity contribution in [3.8, 4) is 0 Å². The number of amides is 1. The zero-order valence-corrected chi connectivity index (χ0v) is 11.5. The van der Waals surface area contributed by atoms with Crippen LogP contribution in [0.1, 0.15) is 37.9 Å². The molecule has 4 heteroatoms. The normalized spacial score (nSPS) is 12.9. The smallest absolute Gasteiger partial charge is 0.408 e. The second kappa shape index (κ2) is 5.87. The van der Waals surface area contributed by atoms with Crippen LogP contribution in [0.5, 0.6) is 0 Å². The highest BCUT2D eigenvalue weighted by Gasteiger charge is 2.19. The SMILES string of the molecule is Cc1ccc([C@H](CN)NC(=O)OC(C)(C)C)cc1. The van der Waals surface area contributed by atoms with E-state index in [1.165, 1.54) is 5.56 Å². The molecule has 0 heterocycles. The summed E-state index contributed by atoms with van der Waals surface area (Å²) in [6, 6.07) is 7.69. The van der Waals surface area contributed by atoms with Crippen LogP contribution in [-0.4, -0.2) is 18.2 Å². The Kier molecular flexibility index (Phi) is 4.73. The summed E-state index contributed by atoms with van der Waals surface area (Å²) in [5.74, 6) is 0. The van der Waals surface area contributed by atoms with Crippen molar-refractivity contribution in [3.05, 3.63) is 35.4 Å². The number of carbonyl (C=O) groups is 1. The van der Waals surface area contributed by atoms with Gasteiger partial charge in [0.05, 0.1) is 6.04 Å². The van der Waals surface area contributed by atoms with Gasteiger partial charge in [0.2, 0.25) is 0 Å². The van der Waals surface area contributed by atoms with Crippen LogP contribution < -0.4 is 11.1 Å². The number of nitrogens with one attached hydrogen (secondary N) is 1. The molecule has 0 unspecified atom stereocenters. The molecule has 18 heavy (non-hydrogen) atoms. The lowest BCUT2D eigenvalue weighted by Crippen LogP contribution is -2.37. The van der Waals surface area contributed by atoms with Crippen LogP contribution in [0.3, 0.4) is 0 Å². The van der Waals surface area contributed by atoms with E-state index in [9.17, 15) is 4.79 Å². The minimum atomic E-state index is -0.503. The molecule has 0 aliphatic rings. The minimum Gasteiger partial charge on any atom is -0.444 e. The Morgan fingerprint density at radius 2 is 1.89 bits per heavy atom. The van der Waals surface area contributed by atoms with Crippen molar-refractivity contribution in [1.29, 1.82) is 0 Å². The van der Waals surface area contributed by atoms with Gasteiger partial charge in [0.25, 0.3) is 0 Å². The molecule has 4 nitrogen and oxygen atoms in total. The molecule has 0 aliphatic carbocycles. The first-order valence-corrected chi connectivity index (χ1v) is 6.08. The van der Waals surface area contributed by atoms with Crippen LogP contribution in [0.4, 0.5) is 4.79 Å². The molecule has 0 fully saturated rings. The minimum absolute atomic E-state index is 0.222. The Morgan fingerprint density at radius 1 is 1.33 bits per heavy atom. The van der Waals surface area contributed by atoms with Gasteiger partial charge in [0.15, 0.2) is 0 Å². The fourth-order valence-electron chi connectivity index (χ4n) is 1.53. The predicted molar refractivity (Wildman–Crippen MR) is 72.3 cm³/mol. The van der Waals surface area contributed by atoms with E-state index < -0.39 is 11.7 Å². The van der Waals surface area contributed by atoms with Gasteiger partial charge in [-0.15, -0.1) is 0 Å². The van der Waals surface area contributed by atoms with Gasteiger partial charge in [-0.05, 0) is 33.3 Å². The number of carbonyl (C=O) groups excluding carboxylic acids is 1. The van der Waals surface area contributed by atoms with Gasteiger partial charge in [-0.2, -0.15) is 0 Å². The summed E-state index contributed by atoms with van der Waals surface area (Å²) < 4.78 is 5.21. The summed E-state index contributed by atoms with van der Waals surface area (Å²) in [6.07, 6.45) is -0.446. The van der Waals surface area contributed by atoms with E-state index in [1.807, 2.05) is 52.0 Å². The van der Waals surface area contributed by atoms with Crippen molar-refractivity contribution in [2.45, 2.75) is 39.3 Å². The molecule has 0 spiro atoms. The first kappa shape index (κ1) is 14.5. The maximum absolute atomic E-state index is 11.7. The first-order chi connectivity index (χ1) is 8.31. The molecular formula is C14H22N2O2. The lowest BCUT2D eigenvalue weighted by molar-refractivity contribution is 0.0505. The summed E-state index contributed by atoms with van der Waals surface area (Å²) in [4.78, 5) is 11.7. The van der Waals surface area contributed by atoms with Crippen LogP contribution in [-0.2, 0) is 4.74 Å². The Labute approximate surface area is 109 Å². The number of benzene rings is 1. The van der Waals surface area contributed by atoms with Crippen molar-refractivity contribution in [1.82, 2.24) is 5.32 Å². The standard InChI is InChI=1S/C14H22N2O2/c1-10-5-7-11(8-6-10)12(9-15)16-13(17)18-14(2,3)4/h5-8,12H,9,15H2,1-4H3,(H,16,17)/t12-/m0/s1. The quantitative estimate of drug-likeness (QED) is 0.866. The number of alkyl carbamates (subject to hydrolysis) is 1. The highest BCUT2D eigenvalue weighted by molar-refractivity contribution is 5.68. The Balaban J connectivity index is 2.68. The topological polar surface area (TPSA) is 64.3 Å². The molecule has 1 rings (SSSR count). The van der Waals surface area contributed by atoms with E-state index in [2.05, 4.69) is 5.32 Å². The maximum Gasteiger partial charge on any atom is 0.408 e. The van der Waals surface area contributed by atoms with Crippen molar-refractivity contribution in [2.75, 3.05) is 6.54 Å². The third kappa shape index (κ3) is 4.75. The van der Waals surface area contributed by atoms with E-state index in [-0.39, 0.29) is 6.04 Å². The summed E-state index contributed by atoms with van der Waals surface area (Å²) >= 11 is 0. The highest BCUT2D eigenvalue weighted by Crippen LogP contribution is 2.14.